The van der Waals surface area contributed by atoms with Crippen LogP contribution in [0.5, 0.6) is 0 Å². The highest BCUT2D eigenvalue weighted by Crippen LogP contribution is 2.27. The molecule has 2 aromatic carbocycles. The summed E-state index contributed by atoms with van der Waals surface area (Å²) in [5.74, 6) is 0. The topological polar surface area (TPSA) is 34.9 Å². The third-order valence-corrected chi connectivity index (χ3v) is 3.84. The van der Waals surface area contributed by atoms with E-state index in [0.717, 1.165) is 32.6 Å². The first-order chi connectivity index (χ1) is 9.77. The molecule has 4 aromatic rings. The van der Waals surface area contributed by atoms with Crippen LogP contribution in [0, 0.1) is 0 Å². The first kappa shape index (κ1) is 11.2. The van der Waals surface area contributed by atoms with E-state index in [1.807, 2.05) is 55.6 Å². The molecule has 0 atom stereocenters. The molecule has 0 aliphatic carbocycles. The first-order valence-electron chi connectivity index (χ1n) is 6.52. The van der Waals surface area contributed by atoms with Crippen LogP contribution in [-0.2, 0) is 7.05 Å². The Morgan fingerprint density at radius 2 is 1.60 bits per heavy atom. The van der Waals surface area contributed by atoms with Crippen LogP contribution in [-0.4, -0.2) is 9.55 Å². The predicted octanol–water partition coefficient (Wildman–Crippen LogP) is 3.24. The van der Waals surface area contributed by atoms with Crippen LogP contribution in [0.1, 0.15) is 0 Å². The van der Waals surface area contributed by atoms with Crippen LogP contribution in [0.2, 0.25) is 0 Å². The molecular formula is C17H12N2O. The normalized spacial score (nSPS) is 11.4. The third kappa shape index (κ3) is 1.35. The van der Waals surface area contributed by atoms with Gasteiger partial charge in [0.05, 0.1) is 11.0 Å². The molecule has 3 nitrogen and oxygen atoms in total. The van der Waals surface area contributed by atoms with Crippen molar-refractivity contribution in [1.29, 1.82) is 0 Å². The fourth-order valence-corrected chi connectivity index (χ4v) is 2.90. The van der Waals surface area contributed by atoms with Gasteiger partial charge in [-0.2, -0.15) is 0 Å². The second-order valence-corrected chi connectivity index (χ2v) is 4.94. The van der Waals surface area contributed by atoms with Crippen molar-refractivity contribution in [2.75, 3.05) is 0 Å². The zero-order valence-corrected chi connectivity index (χ0v) is 11.0. The van der Waals surface area contributed by atoms with E-state index in [1.165, 1.54) is 0 Å². The fourth-order valence-electron chi connectivity index (χ4n) is 2.90. The average molecular weight is 260 g/mol. The number of fused-ring (bicyclic) bond motifs is 5. The van der Waals surface area contributed by atoms with Gasteiger partial charge in [0.25, 0.3) is 5.56 Å². The summed E-state index contributed by atoms with van der Waals surface area (Å²) in [5.41, 5.74) is 1.88. The molecule has 3 heteroatoms. The molecule has 0 spiro atoms. The Hall–Kier alpha value is -2.68. The van der Waals surface area contributed by atoms with Crippen LogP contribution in [0.3, 0.4) is 0 Å². The molecule has 0 aliphatic rings. The molecular weight excluding hydrogens is 248 g/mol. The summed E-state index contributed by atoms with van der Waals surface area (Å²) in [4.78, 5) is 16.9. The highest BCUT2D eigenvalue weighted by atomic mass is 16.1. The van der Waals surface area contributed by atoms with Crippen molar-refractivity contribution in [3.8, 4) is 0 Å². The molecule has 2 heterocycles. The van der Waals surface area contributed by atoms with E-state index in [9.17, 15) is 4.79 Å². The molecule has 0 saturated heterocycles. The number of pyridine rings is 2. The second-order valence-electron chi connectivity index (χ2n) is 4.94. The quantitative estimate of drug-likeness (QED) is 0.455. The van der Waals surface area contributed by atoms with E-state index in [0.29, 0.717) is 0 Å². The van der Waals surface area contributed by atoms with Crippen LogP contribution in [0.25, 0.3) is 32.6 Å². The SMILES string of the molecule is Cn1c(=O)c2ccccc2c2ccc3ncccc3c21. The minimum absolute atomic E-state index is 0.0319. The second kappa shape index (κ2) is 3.90. The maximum atomic E-state index is 12.5. The van der Waals surface area contributed by atoms with E-state index in [2.05, 4.69) is 4.98 Å². The zero-order chi connectivity index (χ0) is 13.7. The lowest BCUT2D eigenvalue weighted by molar-refractivity contribution is 0.922. The van der Waals surface area contributed by atoms with Gasteiger partial charge in [-0.15, -0.1) is 0 Å². The van der Waals surface area contributed by atoms with Gasteiger partial charge in [-0.25, -0.2) is 0 Å². The van der Waals surface area contributed by atoms with Crippen molar-refractivity contribution in [1.82, 2.24) is 9.55 Å². The molecule has 0 unspecified atom stereocenters. The van der Waals surface area contributed by atoms with Crippen molar-refractivity contribution in [3.05, 3.63) is 65.1 Å². The monoisotopic (exact) mass is 260 g/mol. The van der Waals surface area contributed by atoms with Crippen molar-refractivity contribution in [2.24, 2.45) is 7.05 Å². The van der Waals surface area contributed by atoms with Crippen molar-refractivity contribution in [3.63, 3.8) is 0 Å². The smallest absolute Gasteiger partial charge is 0.258 e. The van der Waals surface area contributed by atoms with Gasteiger partial charge in [-0.1, -0.05) is 24.3 Å². The minimum Gasteiger partial charge on any atom is -0.310 e. The summed E-state index contributed by atoms with van der Waals surface area (Å²) in [6.07, 6.45) is 1.77. The summed E-state index contributed by atoms with van der Waals surface area (Å²) >= 11 is 0. The molecule has 0 amide bonds. The summed E-state index contributed by atoms with van der Waals surface area (Å²) in [6.45, 7) is 0. The highest BCUT2D eigenvalue weighted by Gasteiger charge is 2.10. The largest absolute Gasteiger partial charge is 0.310 e. The number of aromatic nitrogens is 2. The Labute approximate surface area is 115 Å². The fraction of sp³-hybridized carbons (Fsp3) is 0.0588. The lowest BCUT2D eigenvalue weighted by Gasteiger charge is -2.11. The molecule has 0 aliphatic heterocycles. The Balaban J connectivity index is 2.43. The highest BCUT2D eigenvalue weighted by molar-refractivity contribution is 6.14. The van der Waals surface area contributed by atoms with Crippen LogP contribution < -0.4 is 5.56 Å². The number of benzene rings is 2. The molecule has 20 heavy (non-hydrogen) atoms. The lowest BCUT2D eigenvalue weighted by Crippen LogP contribution is -2.17. The van der Waals surface area contributed by atoms with E-state index in [4.69, 9.17) is 0 Å². The minimum atomic E-state index is 0.0319. The van der Waals surface area contributed by atoms with Crippen LogP contribution in [0.15, 0.2) is 59.5 Å². The molecule has 0 N–H and O–H groups in total. The van der Waals surface area contributed by atoms with Crippen molar-refractivity contribution < 1.29 is 0 Å². The number of hydrogen-bond donors (Lipinski definition) is 0. The average Bonchev–Trinajstić information content (AvgIpc) is 2.51. The Bertz CT molecular complexity index is 1030. The molecule has 0 radical (unpaired) electrons. The number of rotatable bonds is 0. The summed E-state index contributed by atoms with van der Waals surface area (Å²) in [5, 5.41) is 3.85. The lowest BCUT2D eigenvalue weighted by atomic mass is 10.0. The predicted molar refractivity (Wildman–Crippen MR) is 82.0 cm³/mol. The Kier molecular flexibility index (Phi) is 2.18. The van der Waals surface area contributed by atoms with Crippen molar-refractivity contribution >= 4 is 32.6 Å². The number of nitrogens with zero attached hydrogens (tertiary/aromatic N) is 2. The molecule has 0 bridgehead atoms. The third-order valence-electron chi connectivity index (χ3n) is 3.84. The summed E-state index contributed by atoms with van der Waals surface area (Å²) < 4.78 is 1.72. The maximum absolute atomic E-state index is 12.5. The van der Waals surface area contributed by atoms with Crippen molar-refractivity contribution in [2.45, 2.75) is 0 Å². The van der Waals surface area contributed by atoms with Crippen LogP contribution >= 0.6 is 0 Å². The zero-order valence-electron chi connectivity index (χ0n) is 11.0. The van der Waals surface area contributed by atoms with Gasteiger partial charge in [-0.05, 0) is 29.7 Å². The Morgan fingerprint density at radius 3 is 2.45 bits per heavy atom. The molecule has 2 aromatic heterocycles. The van der Waals surface area contributed by atoms with Gasteiger partial charge < -0.3 is 4.57 Å². The standard InChI is InChI=1S/C17H12N2O/c1-19-16-12(8-9-15-14(16)7-4-10-18-15)11-5-2-3-6-13(11)17(19)20/h2-10H,1H3. The van der Waals surface area contributed by atoms with Gasteiger partial charge in [0, 0.05) is 29.4 Å². The van der Waals surface area contributed by atoms with Gasteiger partial charge in [-0.3, -0.25) is 9.78 Å². The molecule has 0 fully saturated rings. The van der Waals surface area contributed by atoms with E-state index in [1.54, 1.807) is 10.8 Å². The van der Waals surface area contributed by atoms with Gasteiger partial charge in [0.2, 0.25) is 0 Å². The number of hydrogen-bond acceptors (Lipinski definition) is 2. The summed E-state index contributed by atoms with van der Waals surface area (Å²) in [6, 6.07) is 15.7. The molecule has 0 saturated carbocycles. The maximum Gasteiger partial charge on any atom is 0.258 e. The first-order valence-corrected chi connectivity index (χ1v) is 6.52. The van der Waals surface area contributed by atoms with Gasteiger partial charge >= 0.3 is 0 Å². The molecule has 4 rings (SSSR count). The van der Waals surface area contributed by atoms with E-state index < -0.39 is 0 Å². The van der Waals surface area contributed by atoms with Gasteiger partial charge in [0.15, 0.2) is 0 Å². The van der Waals surface area contributed by atoms with E-state index >= 15 is 0 Å². The van der Waals surface area contributed by atoms with Gasteiger partial charge in [0.1, 0.15) is 0 Å². The number of aryl methyl sites for hydroxylation is 1. The molecule has 96 valence electrons. The van der Waals surface area contributed by atoms with E-state index in [-0.39, 0.29) is 5.56 Å². The summed E-state index contributed by atoms with van der Waals surface area (Å²) in [7, 11) is 1.82. The van der Waals surface area contributed by atoms with Crippen LogP contribution in [0.4, 0.5) is 0 Å². The Morgan fingerprint density at radius 1 is 0.850 bits per heavy atom.